The van der Waals surface area contributed by atoms with Crippen LogP contribution >= 0.6 is 11.3 Å². The summed E-state index contributed by atoms with van der Waals surface area (Å²) in [6, 6.07) is 16.1. The first kappa shape index (κ1) is 21.6. The first-order valence-electron chi connectivity index (χ1n) is 10.2. The smallest absolute Gasteiger partial charge is 0.336 e. The van der Waals surface area contributed by atoms with E-state index in [1.807, 2.05) is 38.1 Å². The zero-order valence-electron chi connectivity index (χ0n) is 18.0. The van der Waals surface area contributed by atoms with Crippen molar-refractivity contribution >= 4 is 33.1 Å². The van der Waals surface area contributed by atoms with E-state index in [-0.39, 0.29) is 18.4 Å². The van der Waals surface area contributed by atoms with Crippen molar-refractivity contribution in [3.05, 3.63) is 86.4 Å². The standard InChI is InChI=1S/C24H23N3O4S/c1-15(2)16-8-4-5-9-17(16)25-21(28)14-26-19-12-13-32-22(19)23(29)27(24(26)30)18-10-6-7-11-20(18)31-3/h4-13,15H,14H2,1-3H3,(H,25,28). The van der Waals surface area contributed by atoms with Crippen LogP contribution in [0.1, 0.15) is 25.3 Å². The highest BCUT2D eigenvalue weighted by Crippen LogP contribution is 2.24. The number of ether oxygens (including phenoxy) is 1. The zero-order chi connectivity index (χ0) is 22.8. The molecular formula is C24H23N3O4S. The van der Waals surface area contributed by atoms with E-state index in [0.717, 1.165) is 10.1 Å². The van der Waals surface area contributed by atoms with Gasteiger partial charge in [-0.25, -0.2) is 9.36 Å². The van der Waals surface area contributed by atoms with Crippen LogP contribution in [-0.4, -0.2) is 22.2 Å². The van der Waals surface area contributed by atoms with Gasteiger partial charge >= 0.3 is 5.69 Å². The molecule has 0 radical (unpaired) electrons. The topological polar surface area (TPSA) is 82.3 Å². The van der Waals surface area contributed by atoms with E-state index in [1.54, 1.807) is 35.7 Å². The molecule has 164 valence electrons. The molecule has 0 spiro atoms. The van der Waals surface area contributed by atoms with Crippen molar-refractivity contribution < 1.29 is 9.53 Å². The summed E-state index contributed by atoms with van der Waals surface area (Å²) in [5.74, 6) is 0.271. The summed E-state index contributed by atoms with van der Waals surface area (Å²) in [7, 11) is 1.48. The number of benzene rings is 2. The molecule has 0 saturated carbocycles. The number of aromatic nitrogens is 2. The van der Waals surface area contributed by atoms with E-state index in [0.29, 0.717) is 27.3 Å². The minimum Gasteiger partial charge on any atom is -0.495 e. The Morgan fingerprint density at radius 2 is 1.78 bits per heavy atom. The van der Waals surface area contributed by atoms with Gasteiger partial charge in [-0.05, 0) is 41.1 Å². The lowest BCUT2D eigenvalue weighted by molar-refractivity contribution is -0.116. The Morgan fingerprint density at radius 1 is 1.06 bits per heavy atom. The number of hydrogen-bond donors (Lipinski definition) is 1. The number of fused-ring (bicyclic) bond motifs is 1. The number of amides is 1. The fraction of sp³-hybridized carbons (Fsp3) is 0.208. The molecule has 4 aromatic rings. The van der Waals surface area contributed by atoms with Crippen LogP contribution in [0, 0.1) is 0 Å². The lowest BCUT2D eigenvalue weighted by Gasteiger charge is -2.16. The van der Waals surface area contributed by atoms with E-state index in [4.69, 9.17) is 4.74 Å². The Labute approximate surface area is 188 Å². The SMILES string of the molecule is COc1ccccc1-n1c(=O)c2sccc2n(CC(=O)Nc2ccccc2C(C)C)c1=O. The first-order valence-corrected chi connectivity index (χ1v) is 11.1. The molecule has 0 bridgehead atoms. The Balaban J connectivity index is 1.80. The highest BCUT2D eigenvalue weighted by atomic mass is 32.1. The van der Waals surface area contributed by atoms with Gasteiger partial charge in [-0.2, -0.15) is 0 Å². The van der Waals surface area contributed by atoms with Crippen molar-refractivity contribution in [2.75, 3.05) is 12.4 Å². The molecule has 0 aliphatic rings. The molecule has 1 amide bonds. The fourth-order valence-corrected chi connectivity index (χ4v) is 4.54. The summed E-state index contributed by atoms with van der Waals surface area (Å²) in [6.07, 6.45) is 0. The molecular weight excluding hydrogens is 426 g/mol. The Hall–Kier alpha value is -3.65. The molecule has 0 fully saturated rings. The van der Waals surface area contributed by atoms with Gasteiger partial charge in [0, 0.05) is 5.69 Å². The number of carbonyl (C=O) groups excluding carboxylic acids is 1. The second kappa shape index (κ2) is 8.84. The maximum absolute atomic E-state index is 13.4. The first-order chi connectivity index (χ1) is 15.4. The number of anilines is 1. The van der Waals surface area contributed by atoms with Crippen LogP contribution < -0.4 is 21.3 Å². The third-order valence-corrected chi connectivity index (χ3v) is 6.13. The molecule has 2 aromatic carbocycles. The number of nitrogens with zero attached hydrogens (tertiary/aromatic N) is 2. The summed E-state index contributed by atoms with van der Waals surface area (Å²) in [6.45, 7) is 3.87. The van der Waals surface area contributed by atoms with Crippen molar-refractivity contribution in [1.29, 1.82) is 0 Å². The molecule has 4 rings (SSSR count). The van der Waals surface area contributed by atoms with Crippen LogP contribution in [-0.2, 0) is 11.3 Å². The van der Waals surface area contributed by atoms with E-state index >= 15 is 0 Å². The number of carbonyl (C=O) groups is 1. The number of methoxy groups -OCH3 is 1. The quantitative estimate of drug-likeness (QED) is 0.483. The highest BCUT2D eigenvalue weighted by Gasteiger charge is 2.20. The molecule has 7 nitrogen and oxygen atoms in total. The number of nitrogens with one attached hydrogen (secondary N) is 1. The van der Waals surface area contributed by atoms with Crippen molar-refractivity contribution in [3.8, 4) is 11.4 Å². The molecule has 0 saturated heterocycles. The van der Waals surface area contributed by atoms with E-state index in [2.05, 4.69) is 5.32 Å². The largest absolute Gasteiger partial charge is 0.495 e. The van der Waals surface area contributed by atoms with Crippen LogP contribution in [0.3, 0.4) is 0 Å². The van der Waals surface area contributed by atoms with Gasteiger partial charge in [0.1, 0.15) is 17.0 Å². The maximum atomic E-state index is 13.4. The van der Waals surface area contributed by atoms with E-state index < -0.39 is 11.2 Å². The minimum atomic E-state index is -0.599. The molecule has 2 aromatic heterocycles. The third kappa shape index (κ3) is 3.85. The molecule has 32 heavy (non-hydrogen) atoms. The van der Waals surface area contributed by atoms with Crippen LogP contribution in [0.4, 0.5) is 5.69 Å². The molecule has 0 aliphatic heterocycles. The van der Waals surface area contributed by atoms with E-state index in [9.17, 15) is 14.4 Å². The van der Waals surface area contributed by atoms with Crippen LogP contribution in [0.2, 0.25) is 0 Å². The van der Waals surface area contributed by atoms with Gasteiger partial charge in [-0.15, -0.1) is 11.3 Å². The summed E-state index contributed by atoms with van der Waals surface area (Å²) in [4.78, 5) is 39.5. The van der Waals surface area contributed by atoms with Gasteiger partial charge < -0.3 is 10.1 Å². The molecule has 0 atom stereocenters. The lowest BCUT2D eigenvalue weighted by Crippen LogP contribution is -2.40. The third-order valence-electron chi connectivity index (χ3n) is 5.24. The van der Waals surface area contributed by atoms with Gasteiger partial charge in [0.05, 0.1) is 18.3 Å². The maximum Gasteiger partial charge on any atom is 0.336 e. The van der Waals surface area contributed by atoms with Gasteiger partial charge in [-0.3, -0.25) is 14.2 Å². The average molecular weight is 450 g/mol. The zero-order valence-corrected chi connectivity index (χ0v) is 18.8. The van der Waals surface area contributed by atoms with Crippen molar-refractivity contribution in [1.82, 2.24) is 9.13 Å². The van der Waals surface area contributed by atoms with Crippen molar-refractivity contribution in [2.45, 2.75) is 26.3 Å². The van der Waals surface area contributed by atoms with Crippen LogP contribution in [0.25, 0.3) is 15.9 Å². The summed E-state index contributed by atoms with van der Waals surface area (Å²) >= 11 is 1.23. The second-order valence-corrected chi connectivity index (χ2v) is 8.52. The number of para-hydroxylation sites is 3. The van der Waals surface area contributed by atoms with Gasteiger partial charge in [-0.1, -0.05) is 44.2 Å². The summed E-state index contributed by atoms with van der Waals surface area (Å²) < 4.78 is 8.14. The minimum absolute atomic E-state index is 0.227. The predicted molar refractivity (Wildman–Crippen MR) is 127 cm³/mol. The van der Waals surface area contributed by atoms with Crippen molar-refractivity contribution in [2.24, 2.45) is 0 Å². The fourth-order valence-electron chi connectivity index (χ4n) is 3.71. The van der Waals surface area contributed by atoms with Gasteiger partial charge in [0.15, 0.2) is 0 Å². The number of hydrogen-bond acceptors (Lipinski definition) is 5. The Morgan fingerprint density at radius 3 is 2.53 bits per heavy atom. The predicted octanol–water partition coefficient (Wildman–Crippen LogP) is 3.98. The monoisotopic (exact) mass is 449 g/mol. The highest BCUT2D eigenvalue weighted by molar-refractivity contribution is 7.17. The lowest BCUT2D eigenvalue weighted by atomic mass is 10.0. The molecule has 0 aliphatic carbocycles. The van der Waals surface area contributed by atoms with Crippen LogP contribution in [0.5, 0.6) is 5.75 Å². The molecule has 0 unspecified atom stereocenters. The normalized spacial score (nSPS) is 11.1. The summed E-state index contributed by atoms with van der Waals surface area (Å²) in [5, 5.41) is 4.65. The Bertz CT molecular complexity index is 1410. The average Bonchev–Trinajstić information content (AvgIpc) is 3.27. The summed E-state index contributed by atoms with van der Waals surface area (Å²) in [5.41, 5.74) is 1.44. The molecule has 2 heterocycles. The Kier molecular flexibility index (Phi) is 5.96. The number of rotatable bonds is 6. The van der Waals surface area contributed by atoms with E-state index in [1.165, 1.54) is 23.0 Å². The second-order valence-electron chi connectivity index (χ2n) is 7.61. The number of thiophene rings is 1. The molecule has 1 N–H and O–H groups in total. The van der Waals surface area contributed by atoms with Gasteiger partial charge in [0.25, 0.3) is 5.56 Å². The van der Waals surface area contributed by atoms with Crippen LogP contribution in [0.15, 0.2) is 69.6 Å². The van der Waals surface area contributed by atoms with Crippen molar-refractivity contribution in [3.63, 3.8) is 0 Å². The van der Waals surface area contributed by atoms with Gasteiger partial charge in [0.2, 0.25) is 5.91 Å². The molecule has 8 heteroatoms.